The van der Waals surface area contributed by atoms with Crippen LogP contribution in [0.2, 0.25) is 0 Å². The molecule has 2 fully saturated rings. The van der Waals surface area contributed by atoms with Crippen LogP contribution in [0, 0.1) is 17.2 Å². The smallest absolute Gasteiger partial charge is 0.237 e. The third kappa shape index (κ3) is 5.43. The number of likely N-dealkylation sites (tertiary alicyclic amines) is 1. The molecule has 0 spiro atoms. The summed E-state index contributed by atoms with van der Waals surface area (Å²) in [6.45, 7) is 3.98. The Kier molecular flexibility index (Phi) is 7.70. The van der Waals surface area contributed by atoms with Crippen LogP contribution >= 0.6 is 0 Å². The van der Waals surface area contributed by atoms with Crippen molar-refractivity contribution in [3.05, 3.63) is 0 Å². The summed E-state index contributed by atoms with van der Waals surface area (Å²) in [5.74, 6) is 0.440. The monoisotopic (exact) mass is 348 g/mol. The van der Waals surface area contributed by atoms with Crippen LogP contribution in [-0.4, -0.2) is 60.4 Å². The molecule has 1 aliphatic carbocycles. The van der Waals surface area contributed by atoms with Crippen molar-refractivity contribution in [3.8, 4) is 6.07 Å². The van der Waals surface area contributed by atoms with Gasteiger partial charge in [0.15, 0.2) is 0 Å². The first kappa shape index (κ1) is 19.7. The second-order valence-electron chi connectivity index (χ2n) is 7.42. The molecule has 1 atom stereocenters. The molecule has 0 unspecified atom stereocenters. The van der Waals surface area contributed by atoms with Crippen molar-refractivity contribution in [1.82, 2.24) is 15.1 Å². The van der Waals surface area contributed by atoms with Crippen molar-refractivity contribution < 1.29 is 9.59 Å². The van der Waals surface area contributed by atoms with Crippen molar-refractivity contribution >= 4 is 11.8 Å². The van der Waals surface area contributed by atoms with E-state index in [-0.39, 0.29) is 23.8 Å². The second-order valence-corrected chi connectivity index (χ2v) is 7.42. The highest BCUT2D eigenvalue weighted by Crippen LogP contribution is 2.26. The van der Waals surface area contributed by atoms with Crippen molar-refractivity contribution in [1.29, 1.82) is 5.26 Å². The zero-order valence-electron chi connectivity index (χ0n) is 15.7. The van der Waals surface area contributed by atoms with Crippen LogP contribution < -0.4 is 5.32 Å². The van der Waals surface area contributed by atoms with Gasteiger partial charge in [0.25, 0.3) is 0 Å². The Balaban J connectivity index is 1.69. The van der Waals surface area contributed by atoms with E-state index >= 15 is 0 Å². The summed E-state index contributed by atoms with van der Waals surface area (Å²) in [4.78, 5) is 28.3. The molecule has 2 rings (SSSR count). The van der Waals surface area contributed by atoms with Gasteiger partial charge in [-0.1, -0.05) is 13.3 Å². The molecule has 0 bridgehead atoms. The van der Waals surface area contributed by atoms with E-state index in [4.69, 9.17) is 5.26 Å². The Morgan fingerprint density at radius 2 is 1.96 bits per heavy atom. The van der Waals surface area contributed by atoms with Gasteiger partial charge in [-0.05, 0) is 44.9 Å². The maximum atomic E-state index is 12.4. The highest BCUT2D eigenvalue weighted by Gasteiger charge is 2.30. The fourth-order valence-corrected chi connectivity index (χ4v) is 3.89. The number of nitrogens with one attached hydrogen (secondary N) is 1. The first-order chi connectivity index (χ1) is 12.1. The molecule has 2 amide bonds. The van der Waals surface area contributed by atoms with E-state index < -0.39 is 0 Å². The lowest BCUT2D eigenvalue weighted by Crippen LogP contribution is -2.45. The number of amides is 2. The Labute approximate surface area is 151 Å². The molecule has 2 aliphatic rings. The van der Waals surface area contributed by atoms with Crippen LogP contribution in [-0.2, 0) is 9.59 Å². The summed E-state index contributed by atoms with van der Waals surface area (Å²) in [5.41, 5.74) is 0. The van der Waals surface area contributed by atoms with Gasteiger partial charge >= 0.3 is 0 Å². The van der Waals surface area contributed by atoms with Gasteiger partial charge in [-0.15, -0.1) is 0 Å². The summed E-state index contributed by atoms with van der Waals surface area (Å²) in [6.07, 6.45) is 7.54. The van der Waals surface area contributed by atoms with Crippen LogP contribution in [0.15, 0.2) is 0 Å². The molecule has 0 aromatic carbocycles. The van der Waals surface area contributed by atoms with Crippen molar-refractivity contribution in [3.63, 3.8) is 0 Å². The number of rotatable bonds is 7. The first-order valence-electron chi connectivity index (χ1n) is 9.74. The maximum absolute atomic E-state index is 12.4. The van der Waals surface area contributed by atoms with E-state index in [0.29, 0.717) is 19.1 Å². The minimum absolute atomic E-state index is 0.0292. The molecule has 140 valence electrons. The van der Waals surface area contributed by atoms with Crippen molar-refractivity contribution in [2.75, 3.05) is 26.7 Å². The highest BCUT2D eigenvalue weighted by molar-refractivity contribution is 5.79. The summed E-state index contributed by atoms with van der Waals surface area (Å²) in [6, 6.07) is 2.27. The molecule has 1 heterocycles. The van der Waals surface area contributed by atoms with Crippen molar-refractivity contribution in [2.24, 2.45) is 5.92 Å². The summed E-state index contributed by atoms with van der Waals surface area (Å²) in [7, 11) is 1.91. The molecule has 0 aromatic rings. The van der Waals surface area contributed by atoms with Gasteiger partial charge in [-0.3, -0.25) is 9.59 Å². The Bertz CT molecular complexity index is 494. The number of carbonyl (C=O) groups excluding carboxylic acids is 2. The first-order valence-corrected chi connectivity index (χ1v) is 9.74. The number of carbonyl (C=O) groups is 2. The molecule has 6 nitrogen and oxygen atoms in total. The molecular weight excluding hydrogens is 316 g/mol. The molecule has 25 heavy (non-hydrogen) atoms. The van der Waals surface area contributed by atoms with Gasteiger partial charge in [0.2, 0.25) is 11.8 Å². The number of nitrogens with zero attached hydrogens (tertiary/aromatic N) is 3. The number of hydrogen-bond donors (Lipinski definition) is 1. The fourth-order valence-electron chi connectivity index (χ4n) is 3.89. The standard InChI is InChI=1S/C19H32N4O2/c1-3-4-11-22(2)19(25)15-7-9-16(10-8-15)21-14-18(24)23-12-5-6-17(23)13-20/h15-17,21H,3-12,14H2,1-2H3/t15-,16-,17-/m0/s1. The number of nitriles is 1. The maximum Gasteiger partial charge on any atom is 0.237 e. The average Bonchev–Trinajstić information content (AvgIpc) is 3.12. The lowest BCUT2D eigenvalue weighted by Gasteiger charge is -2.31. The molecule has 1 saturated heterocycles. The largest absolute Gasteiger partial charge is 0.346 e. The molecule has 6 heteroatoms. The zero-order valence-corrected chi connectivity index (χ0v) is 15.7. The summed E-state index contributed by atoms with van der Waals surface area (Å²) >= 11 is 0. The fraction of sp³-hybridized carbons (Fsp3) is 0.842. The van der Waals surface area contributed by atoms with E-state index in [1.54, 1.807) is 4.90 Å². The van der Waals surface area contributed by atoms with Crippen LogP contribution in [0.4, 0.5) is 0 Å². The van der Waals surface area contributed by atoms with E-state index in [1.807, 2.05) is 11.9 Å². The highest BCUT2D eigenvalue weighted by atomic mass is 16.2. The quantitative estimate of drug-likeness (QED) is 0.762. The predicted octanol–water partition coefficient (Wildman–Crippen LogP) is 1.91. The molecule has 0 aromatic heterocycles. The number of hydrogen-bond acceptors (Lipinski definition) is 4. The van der Waals surface area contributed by atoms with Gasteiger partial charge < -0.3 is 15.1 Å². The minimum atomic E-state index is -0.249. The average molecular weight is 348 g/mol. The van der Waals surface area contributed by atoms with Crippen LogP contribution in [0.3, 0.4) is 0 Å². The molecular formula is C19H32N4O2. The van der Waals surface area contributed by atoms with Gasteiger partial charge in [0, 0.05) is 32.1 Å². The Morgan fingerprint density at radius 1 is 1.24 bits per heavy atom. The van der Waals surface area contributed by atoms with E-state index in [2.05, 4.69) is 18.3 Å². The van der Waals surface area contributed by atoms with Gasteiger partial charge in [-0.25, -0.2) is 0 Å². The van der Waals surface area contributed by atoms with Gasteiger partial charge in [0.05, 0.1) is 12.6 Å². The van der Waals surface area contributed by atoms with Crippen LogP contribution in [0.25, 0.3) is 0 Å². The normalized spacial score (nSPS) is 26.3. The zero-order chi connectivity index (χ0) is 18.2. The number of unbranched alkanes of at least 4 members (excludes halogenated alkanes) is 1. The Morgan fingerprint density at radius 3 is 2.60 bits per heavy atom. The lowest BCUT2D eigenvalue weighted by atomic mass is 9.85. The lowest BCUT2D eigenvalue weighted by molar-refractivity contribution is -0.135. The Hall–Kier alpha value is -1.61. The molecule has 0 radical (unpaired) electrons. The minimum Gasteiger partial charge on any atom is -0.346 e. The van der Waals surface area contributed by atoms with Gasteiger partial charge in [-0.2, -0.15) is 5.26 Å². The third-order valence-electron chi connectivity index (χ3n) is 5.56. The summed E-state index contributed by atoms with van der Waals surface area (Å²) < 4.78 is 0. The summed E-state index contributed by atoms with van der Waals surface area (Å²) in [5, 5.41) is 12.4. The van der Waals surface area contributed by atoms with E-state index in [9.17, 15) is 9.59 Å². The van der Waals surface area contributed by atoms with E-state index in [0.717, 1.165) is 57.9 Å². The molecule has 1 N–H and O–H groups in total. The molecule has 1 saturated carbocycles. The second kappa shape index (κ2) is 9.76. The van der Waals surface area contributed by atoms with Crippen molar-refractivity contribution in [2.45, 2.75) is 70.4 Å². The van der Waals surface area contributed by atoms with Crippen LogP contribution in [0.1, 0.15) is 58.3 Å². The topological polar surface area (TPSA) is 76.4 Å². The predicted molar refractivity (Wildman–Crippen MR) is 96.6 cm³/mol. The van der Waals surface area contributed by atoms with E-state index in [1.165, 1.54) is 0 Å². The van der Waals surface area contributed by atoms with Gasteiger partial charge in [0.1, 0.15) is 6.04 Å². The molecule has 1 aliphatic heterocycles. The SMILES string of the molecule is CCCCN(C)C(=O)[C@H]1CC[C@H](NCC(=O)N2CCC[C@H]2C#N)CC1. The van der Waals surface area contributed by atoms with Crippen LogP contribution in [0.5, 0.6) is 0 Å². The third-order valence-corrected chi connectivity index (χ3v) is 5.56.